The lowest BCUT2D eigenvalue weighted by atomic mass is 10.2. The molecule has 1 atom stereocenters. The van der Waals surface area contributed by atoms with Crippen molar-refractivity contribution in [1.29, 1.82) is 0 Å². The van der Waals surface area contributed by atoms with E-state index in [1.165, 1.54) is 17.4 Å². The summed E-state index contributed by atoms with van der Waals surface area (Å²) in [5.41, 5.74) is 0.438. The average Bonchev–Trinajstić information content (AvgIpc) is 2.96. The van der Waals surface area contributed by atoms with Gasteiger partial charge in [-0.05, 0) is 60.6 Å². The maximum atomic E-state index is 12.7. The molecule has 0 saturated carbocycles. The van der Waals surface area contributed by atoms with Gasteiger partial charge < -0.3 is 4.55 Å². The van der Waals surface area contributed by atoms with Crippen LogP contribution in [-0.4, -0.2) is 15.3 Å². The maximum Gasteiger partial charge on any atom is 0.416 e. The Morgan fingerprint density at radius 1 is 1.13 bits per heavy atom. The molecule has 1 aromatic heterocycles. The molecule has 0 amide bonds. The lowest BCUT2D eigenvalue weighted by Gasteiger charge is -2.07. The normalized spacial score (nSPS) is 13.4. The first-order valence-electron chi connectivity index (χ1n) is 6.85. The molecule has 0 radical (unpaired) electrons. The van der Waals surface area contributed by atoms with Gasteiger partial charge in [0.1, 0.15) is 10.8 Å². The molecule has 3 aromatic rings. The lowest BCUT2D eigenvalue weighted by Crippen LogP contribution is -2.03. The van der Waals surface area contributed by atoms with Gasteiger partial charge in [0.05, 0.1) is 15.8 Å². The number of benzene rings is 2. The highest BCUT2D eigenvalue weighted by molar-refractivity contribution is 7.91. The second-order valence-electron chi connectivity index (χ2n) is 4.86. The van der Waals surface area contributed by atoms with Gasteiger partial charge in [0.25, 0.3) is 0 Å². The second-order valence-corrected chi connectivity index (χ2v) is 7.63. The van der Waals surface area contributed by atoms with Crippen LogP contribution in [0.15, 0.2) is 47.4 Å². The Hall–Kier alpha value is -1.57. The summed E-state index contributed by atoms with van der Waals surface area (Å²) in [6.45, 7) is 1.84. The second kappa shape index (κ2) is 6.14. The molecule has 7 heteroatoms. The predicted octanol–water partition coefficient (Wildman–Crippen LogP) is 5.11. The average molecular weight is 355 g/mol. The van der Waals surface area contributed by atoms with Crippen molar-refractivity contribution in [2.75, 3.05) is 5.75 Å². The molecule has 0 aliphatic carbocycles. The van der Waals surface area contributed by atoms with Crippen LogP contribution in [0.3, 0.4) is 0 Å². The van der Waals surface area contributed by atoms with Gasteiger partial charge >= 0.3 is 6.18 Å². The van der Waals surface area contributed by atoms with Crippen LogP contribution < -0.4 is 0 Å². The van der Waals surface area contributed by atoms with E-state index in [9.17, 15) is 17.7 Å². The molecule has 2 nitrogen and oxygen atoms in total. The zero-order chi connectivity index (χ0) is 16.6. The summed E-state index contributed by atoms with van der Waals surface area (Å²) in [5.74, 6) is 0.542. The van der Waals surface area contributed by atoms with Crippen molar-refractivity contribution < 1.29 is 17.7 Å². The summed E-state index contributed by atoms with van der Waals surface area (Å²) in [4.78, 5) is 5.03. The standard InChI is InChI=1S/C16H12F3NOS2/c1-2-23(21)12-6-3-10(4-7-12)15-20-13-9-11(16(17,18)19)5-8-14(13)22-15/h3-9H,2H2,1H3. The third-order valence-corrected chi connectivity index (χ3v) is 5.75. The summed E-state index contributed by atoms with van der Waals surface area (Å²) < 4.78 is 50.7. The Balaban J connectivity index is 1.97. The molecule has 0 spiro atoms. The van der Waals surface area contributed by atoms with Crippen molar-refractivity contribution >= 4 is 32.7 Å². The molecular formula is C16H12F3NOS2. The quantitative estimate of drug-likeness (QED) is 0.612. The highest BCUT2D eigenvalue weighted by Crippen LogP contribution is 2.35. The molecular weight excluding hydrogens is 343 g/mol. The minimum absolute atomic E-state index is 0.334. The first-order valence-corrected chi connectivity index (χ1v) is 8.98. The Labute approximate surface area is 138 Å². The van der Waals surface area contributed by atoms with E-state index in [0.29, 0.717) is 21.0 Å². The Kier molecular flexibility index (Phi) is 4.35. The van der Waals surface area contributed by atoms with Gasteiger partial charge in [0.15, 0.2) is 4.90 Å². The zero-order valence-corrected chi connectivity index (χ0v) is 13.7. The van der Waals surface area contributed by atoms with Crippen molar-refractivity contribution in [2.24, 2.45) is 0 Å². The minimum atomic E-state index is -4.37. The van der Waals surface area contributed by atoms with E-state index in [2.05, 4.69) is 4.98 Å². The third kappa shape index (κ3) is 3.36. The predicted molar refractivity (Wildman–Crippen MR) is 87.0 cm³/mol. The van der Waals surface area contributed by atoms with Crippen molar-refractivity contribution in [3.63, 3.8) is 0 Å². The number of aromatic nitrogens is 1. The zero-order valence-electron chi connectivity index (χ0n) is 12.1. The topological polar surface area (TPSA) is 36.0 Å². The van der Waals surface area contributed by atoms with Crippen molar-refractivity contribution in [2.45, 2.75) is 18.0 Å². The summed E-state index contributed by atoms with van der Waals surface area (Å²) in [7, 11) is 0. The van der Waals surface area contributed by atoms with E-state index in [0.717, 1.165) is 22.6 Å². The number of alkyl halides is 3. The van der Waals surface area contributed by atoms with E-state index in [1.54, 1.807) is 24.3 Å². The highest BCUT2D eigenvalue weighted by atomic mass is 32.2. The fourth-order valence-corrected chi connectivity index (χ4v) is 3.87. The molecule has 0 aliphatic rings. The molecule has 2 aromatic carbocycles. The first-order chi connectivity index (χ1) is 10.9. The first kappa shape index (κ1) is 16.3. The Morgan fingerprint density at radius 2 is 1.83 bits per heavy atom. The van der Waals surface area contributed by atoms with Crippen LogP contribution in [0.5, 0.6) is 0 Å². The highest BCUT2D eigenvalue weighted by Gasteiger charge is 2.30. The molecule has 120 valence electrons. The van der Waals surface area contributed by atoms with Crippen LogP contribution in [0, 0.1) is 0 Å². The van der Waals surface area contributed by atoms with Crippen LogP contribution in [-0.2, 0) is 17.4 Å². The van der Waals surface area contributed by atoms with E-state index >= 15 is 0 Å². The number of rotatable bonds is 3. The molecule has 1 unspecified atom stereocenters. The van der Waals surface area contributed by atoms with Gasteiger partial charge in [-0.2, -0.15) is 13.2 Å². The van der Waals surface area contributed by atoms with Crippen LogP contribution in [0.2, 0.25) is 0 Å². The molecule has 1 heterocycles. The molecule has 0 bridgehead atoms. The molecule has 0 N–H and O–H groups in total. The number of fused-ring (bicyclic) bond motifs is 1. The van der Waals surface area contributed by atoms with Crippen molar-refractivity contribution in [3.05, 3.63) is 48.0 Å². The van der Waals surface area contributed by atoms with Crippen LogP contribution in [0.1, 0.15) is 12.5 Å². The number of halogens is 3. The van der Waals surface area contributed by atoms with Gasteiger partial charge in [0, 0.05) is 5.56 Å². The van der Waals surface area contributed by atoms with Crippen LogP contribution in [0.25, 0.3) is 20.8 Å². The Morgan fingerprint density at radius 3 is 2.43 bits per heavy atom. The maximum absolute atomic E-state index is 12.7. The summed E-state index contributed by atoms with van der Waals surface area (Å²) in [6, 6.07) is 10.7. The SMILES string of the molecule is CC[S+]([O-])c1ccc(-c2nc3cc(C(F)(F)F)ccc3s2)cc1. The van der Waals surface area contributed by atoms with E-state index in [4.69, 9.17) is 0 Å². The number of thiazole rings is 1. The fraction of sp³-hybridized carbons (Fsp3) is 0.188. The van der Waals surface area contributed by atoms with Crippen LogP contribution in [0.4, 0.5) is 13.2 Å². The van der Waals surface area contributed by atoms with Gasteiger partial charge in [-0.15, -0.1) is 11.3 Å². The van der Waals surface area contributed by atoms with Gasteiger partial charge in [0.2, 0.25) is 0 Å². The van der Waals surface area contributed by atoms with E-state index in [-0.39, 0.29) is 0 Å². The monoisotopic (exact) mass is 355 g/mol. The van der Waals surface area contributed by atoms with Gasteiger partial charge in [-0.3, -0.25) is 0 Å². The summed E-state index contributed by atoms with van der Waals surface area (Å²) >= 11 is 0.311. The van der Waals surface area contributed by atoms with Crippen LogP contribution >= 0.6 is 11.3 Å². The van der Waals surface area contributed by atoms with Crippen molar-refractivity contribution in [1.82, 2.24) is 4.98 Å². The van der Waals surface area contributed by atoms with Gasteiger partial charge in [-0.1, -0.05) is 0 Å². The smallest absolute Gasteiger partial charge is 0.416 e. The van der Waals surface area contributed by atoms with Gasteiger partial charge in [-0.25, -0.2) is 4.98 Å². The third-order valence-electron chi connectivity index (χ3n) is 3.34. The fourth-order valence-electron chi connectivity index (χ4n) is 2.14. The molecule has 0 aliphatic heterocycles. The summed E-state index contributed by atoms with van der Waals surface area (Å²) in [5, 5.41) is 0.646. The Bertz CT molecular complexity index is 827. The van der Waals surface area contributed by atoms with E-state index < -0.39 is 22.9 Å². The number of hydrogen-bond acceptors (Lipinski definition) is 3. The molecule has 23 heavy (non-hydrogen) atoms. The lowest BCUT2D eigenvalue weighted by molar-refractivity contribution is -0.137. The van der Waals surface area contributed by atoms with E-state index in [1.807, 2.05) is 6.92 Å². The molecule has 3 rings (SSSR count). The summed E-state index contributed by atoms with van der Waals surface area (Å²) in [6.07, 6.45) is -4.37. The van der Waals surface area contributed by atoms with Crippen molar-refractivity contribution in [3.8, 4) is 10.6 Å². The molecule has 0 saturated heterocycles. The molecule has 0 fully saturated rings. The number of hydrogen-bond donors (Lipinski definition) is 0. The largest absolute Gasteiger partial charge is 0.611 e. The minimum Gasteiger partial charge on any atom is -0.611 e. The number of nitrogens with zero attached hydrogens (tertiary/aromatic N) is 1.